The van der Waals surface area contributed by atoms with Gasteiger partial charge in [0.25, 0.3) is 10.1 Å². The molecule has 1 fully saturated rings. The van der Waals surface area contributed by atoms with Gasteiger partial charge in [-0.15, -0.1) is 0 Å². The highest BCUT2D eigenvalue weighted by molar-refractivity contribution is 7.85. The second kappa shape index (κ2) is 8.27. The normalized spacial score (nSPS) is 16.8. The number of carbonyl (C=O) groups is 2. The summed E-state index contributed by atoms with van der Waals surface area (Å²) in [5, 5.41) is 0. The van der Waals surface area contributed by atoms with Gasteiger partial charge in [0.05, 0.1) is 5.75 Å². The van der Waals surface area contributed by atoms with E-state index < -0.39 is 10.1 Å². The third kappa shape index (κ3) is 7.37. The summed E-state index contributed by atoms with van der Waals surface area (Å²) in [6.07, 6.45) is 0.958. The first kappa shape index (κ1) is 17.8. The molecule has 1 saturated heterocycles. The van der Waals surface area contributed by atoms with Gasteiger partial charge < -0.3 is 4.90 Å². The lowest BCUT2D eigenvalue weighted by Gasteiger charge is -2.34. The Hall–Kier alpha value is -1.23. The van der Waals surface area contributed by atoms with Crippen LogP contribution >= 0.6 is 0 Å². The van der Waals surface area contributed by atoms with Gasteiger partial charge in [-0.1, -0.05) is 0 Å². The van der Waals surface area contributed by atoms with Crippen LogP contribution in [-0.2, 0) is 19.7 Å². The predicted molar refractivity (Wildman–Crippen MR) is 75.6 cm³/mol. The monoisotopic (exact) mass is 322 g/mol. The molecule has 1 heterocycles. The highest BCUT2D eigenvalue weighted by Crippen LogP contribution is 2.06. The van der Waals surface area contributed by atoms with Crippen molar-refractivity contribution in [1.29, 1.82) is 0 Å². The third-order valence-corrected chi connectivity index (χ3v) is 4.04. The van der Waals surface area contributed by atoms with Gasteiger partial charge in [-0.25, -0.2) is 5.84 Å². The Kier molecular flexibility index (Phi) is 7.02. The van der Waals surface area contributed by atoms with Crippen molar-refractivity contribution in [2.75, 3.05) is 38.5 Å². The van der Waals surface area contributed by atoms with Crippen LogP contribution in [0.5, 0.6) is 0 Å². The van der Waals surface area contributed by atoms with E-state index in [1.807, 2.05) is 10.3 Å². The molecule has 0 atom stereocenters. The molecule has 21 heavy (non-hydrogen) atoms. The van der Waals surface area contributed by atoms with Crippen LogP contribution in [0.4, 0.5) is 0 Å². The van der Waals surface area contributed by atoms with Gasteiger partial charge in [0.2, 0.25) is 11.8 Å². The molecule has 122 valence electrons. The highest BCUT2D eigenvalue weighted by atomic mass is 32.2. The van der Waals surface area contributed by atoms with Gasteiger partial charge in [-0.05, 0) is 6.42 Å². The van der Waals surface area contributed by atoms with Crippen LogP contribution in [-0.4, -0.2) is 73.1 Å². The number of nitrogens with two attached hydrogens (primary N) is 1. The highest BCUT2D eigenvalue weighted by Gasteiger charge is 2.21. The minimum Gasteiger partial charge on any atom is -0.340 e. The van der Waals surface area contributed by atoms with Crippen molar-refractivity contribution in [2.45, 2.75) is 19.3 Å². The first-order valence-corrected chi connectivity index (χ1v) is 8.37. The number of hydrogen-bond donors (Lipinski definition) is 3. The number of hydrogen-bond acceptors (Lipinski definition) is 6. The molecule has 0 aromatic heterocycles. The summed E-state index contributed by atoms with van der Waals surface area (Å²) in [4.78, 5) is 26.4. The maximum Gasteiger partial charge on any atom is 0.266 e. The van der Waals surface area contributed by atoms with Crippen LogP contribution in [0.1, 0.15) is 19.3 Å². The SMILES string of the molecule is NNC(=O)CCCC(=O)N1CCN(CCS(=O)(=O)O)CC1. The molecule has 2 amide bonds. The zero-order chi connectivity index (χ0) is 15.9. The molecule has 0 unspecified atom stereocenters. The molecule has 0 radical (unpaired) electrons. The molecule has 0 aliphatic carbocycles. The maximum atomic E-state index is 11.9. The standard InChI is InChI=1S/C11H22N4O5S/c12-13-10(16)2-1-3-11(17)15-6-4-14(5-7-15)8-9-21(18,19)20/h1-9,12H2,(H,13,16)(H,18,19,20). The van der Waals surface area contributed by atoms with Gasteiger partial charge in [-0.3, -0.25) is 24.5 Å². The average molecular weight is 322 g/mol. The van der Waals surface area contributed by atoms with Crippen molar-refractivity contribution in [1.82, 2.24) is 15.2 Å². The first-order valence-electron chi connectivity index (χ1n) is 6.76. The number of piperazine rings is 1. The summed E-state index contributed by atoms with van der Waals surface area (Å²) in [6.45, 7) is 2.45. The molecule has 10 heteroatoms. The van der Waals surface area contributed by atoms with Gasteiger partial charge >= 0.3 is 0 Å². The lowest BCUT2D eigenvalue weighted by Crippen LogP contribution is -2.49. The quantitative estimate of drug-likeness (QED) is 0.217. The van der Waals surface area contributed by atoms with Crippen LogP contribution in [0, 0.1) is 0 Å². The molecular formula is C11H22N4O5S. The summed E-state index contributed by atoms with van der Waals surface area (Å²) in [5.41, 5.74) is 2.01. The number of carbonyl (C=O) groups excluding carboxylic acids is 2. The zero-order valence-corrected chi connectivity index (χ0v) is 12.6. The van der Waals surface area contributed by atoms with E-state index in [1.54, 1.807) is 4.90 Å². The summed E-state index contributed by atoms with van der Waals surface area (Å²) < 4.78 is 30.0. The minimum atomic E-state index is -3.95. The van der Waals surface area contributed by atoms with E-state index >= 15 is 0 Å². The van der Waals surface area contributed by atoms with Gasteiger partial charge in [-0.2, -0.15) is 8.42 Å². The number of hydrazine groups is 1. The molecule has 1 rings (SSSR count). The summed E-state index contributed by atoms with van der Waals surface area (Å²) in [7, 11) is -3.95. The second-order valence-electron chi connectivity index (χ2n) is 4.93. The fourth-order valence-corrected chi connectivity index (χ4v) is 2.58. The Morgan fingerprint density at radius 1 is 1.14 bits per heavy atom. The number of amides is 2. The number of nitrogens with one attached hydrogen (secondary N) is 1. The Morgan fingerprint density at radius 3 is 2.29 bits per heavy atom. The van der Waals surface area contributed by atoms with Crippen molar-refractivity contribution < 1.29 is 22.6 Å². The Balaban J connectivity index is 2.23. The van der Waals surface area contributed by atoms with E-state index in [9.17, 15) is 18.0 Å². The molecule has 9 nitrogen and oxygen atoms in total. The van der Waals surface area contributed by atoms with E-state index in [1.165, 1.54) is 0 Å². The Labute approximate surface area is 124 Å². The topological polar surface area (TPSA) is 133 Å². The van der Waals surface area contributed by atoms with Crippen molar-refractivity contribution in [3.8, 4) is 0 Å². The van der Waals surface area contributed by atoms with Crippen molar-refractivity contribution in [2.24, 2.45) is 5.84 Å². The zero-order valence-electron chi connectivity index (χ0n) is 11.8. The van der Waals surface area contributed by atoms with E-state index in [0.29, 0.717) is 39.0 Å². The maximum absolute atomic E-state index is 11.9. The summed E-state index contributed by atoms with van der Waals surface area (Å²) in [6, 6.07) is 0. The average Bonchev–Trinajstić information content (AvgIpc) is 2.44. The largest absolute Gasteiger partial charge is 0.340 e. The predicted octanol–water partition coefficient (Wildman–Crippen LogP) is -1.82. The third-order valence-electron chi connectivity index (χ3n) is 3.35. The molecular weight excluding hydrogens is 300 g/mol. The van der Waals surface area contributed by atoms with Gasteiger partial charge in [0.15, 0.2) is 0 Å². The summed E-state index contributed by atoms with van der Waals surface area (Å²) >= 11 is 0. The molecule has 1 aliphatic heterocycles. The van der Waals surface area contributed by atoms with Crippen molar-refractivity contribution in [3.05, 3.63) is 0 Å². The second-order valence-corrected chi connectivity index (χ2v) is 6.50. The molecule has 0 saturated carbocycles. The number of nitrogens with zero attached hydrogens (tertiary/aromatic N) is 2. The fourth-order valence-electron chi connectivity index (χ4n) is 2.10. The Bertz CT molecular complexity index is 459. The van der Waals surface area contributed by atoms with E-state index in [-0.39, 0.29) is 30.5 Å². The minimum absolute atomic E-state index is 0.0192. The van der Waals surface area contributed by atoms with E-state index in [2.05, 4.69) is 0 Å². The van der Waals surface area contributed by atoms with Crippen molar-refractivity contribution >= 4 is 21.9 Å². The van der Waals surface area contributed by atoms with Crippen LogP contribution in [0.25, 0.3) is 0 Å². The molecule has 0 bridgehead atoms. The van der Waals surface area contributed by atoms with Crippen LogP contribution < -0.4 is 11.3 Å². The lowest BCUT2D eigenvalue weighted by atomic mass is 10.2. The van der Waals surface area contributed by atoms with Crippen molar-refractivity contribution in [3.63, 3.8) is 0 Å². The van der Waals surface area contributed by atoms with Gasteiger partial charge in [0.1, 0.15) is 0 Å². The van der Waals surface area contributed by atoms with Gasteiger partial charge in [0, 0.05) is 45.6 Å². The fraction of sp³-hybridized carbons (Fsp3) is 0.818. The molecule has 0 spiro atoms. The molecule has 4 N–H and O–H groups in total. The van der Waals surface area contributed by atoms with E-state index in [4.69, 9.17) is 10.4 Å². The van der Waals surface area contributed by atoms with Crippen LogP contribution in [0.2, 0.25) is 0 Å². The molecule has 0 aromatic rings. The smallest absolute Gasteiger partial charge is 0.266 e. The Morgan fingerprint density at radius 2 is 1.76 bits per heavy atom. The van der Waals surface area contributed by atoms with Crippen LogP contribution in [0.15, 0.2) is 0 Å². The first-order chi connectivity index (χ1) is 9.81. The van der Waals surface area contributed by atoms with Crippen LogP contribution in [0.3, 0.4) is 0 Å². The molecule has 1 aliphatic rings. The molecule has 0 aromatic carbocycles. The summed E-state index contributed by atoms with van der Waals surface area (Å²) in [5.74, 6) is 4.34. The lowest BCUT2D eigenvalue weighted by molar-refractivity contribution is -0.133. The van der Waals surface area contributed by atoms with E-state index in [0.717, 1.165) is 0 Å². The number of rotatable bonds is 7.